The Bertz CT molecular complexity index is 732. The van der Waals surface area contributed by atoms with Gasteiger partial charge >= 0.3 is 0 Å². The molecular formula is C28H46O3. The molecule has 176 valence electrons. The summed E-state index contributed by atoms with van der Waals surface area (Å²) in [6, 6.07) is 0. The first-order valence-electron chi connectivity index (χ1n) is 13.3. The van der Waals surface area contributed by atoms with Crippen molar-refractivity contribution in [2.75, 3.05) is 0 Å². The van der Waals surface area contributed by atoms with Crippen molar-refractivity contribution in [3.63, 3.8) is 0 Å². The van der Waals surface area contributed by atoms with E-state index in [1.54, 1.807) is 0 Å². The molecule has 2 aliphatic heterocycles. The Morgan fingerprint density at radius 1 is 0.903 bits per heavy atom. The number of fused-ring (bicyclic) bond motifs is 2. The Morgan fingerprint density at radius 2 is 1.68 bits per heavy atom. The number of aliphatic hydroxyl groups is 1. The maximum Gasteiger partial charge on any atom is 0.130 e. The highest BCUT2D eigenvalue weighted by atomic mass is 17.2. The molecule has 1 saturated heterocycles. The van der Waals surface area contributed by atoms with Gasteiger partial charge in [-0.05, 0) is 73.7 Å². The fraction of sp³-hybridized carbons (Fsp3) is 0.929. The third-order valence-corrected chi connectivity index (χ3v) is 11.6. The van der Waals surface area contributed by atoms with Crippen molar-refractivity contribution in [2.45, 2.75) is 117 Å². The maximum absolute atomic E-state index is 10.4. The van der Waals surface area contributed by atoms with Gasteiger partial charge < -0.3 is 5.11 Å². The predicted molar refractivity (Wildman–Crippen MR) is 124 cm³/mol. The first kappa shape index (κ1) is 22.4. The predicted octanol–water partition coefficient (Wildman–Crippen LogP) is 6.70. The van der Waals surface area contributed by atoms with E-state index in [1.807, 2.05) is 0 Å². The van der Waals surface area contributed by atoms with Crippen molar-refractivity contribution in [1.82, 2.24) is 0 Å². The van der Waals surface area contributed by atoms with E-state index in [-0.39, 0.29) is 17.1 Å². The van der Waals surface area contributed by atoms with Gasteiger partial charge in [0.2, 0.25) is 0 Å². The molecule has 3 heteroatoms. The van der Waals surface area contributed by atoms with Crippen LogP contribution in [0.4, 0.5) is 0 Å². The monoisotopic (exact) mass is 430 g/mol. The Morgan fingerprint density at radius 3 is 2.35 bits per heavy atom. The molecule has 0 amide bonds. The first-order chi connectivity index (χ1) is 14.6. The summed E-state index contributed by atoms with van der Waals surface area (Å²) in [5.74, 6) is 4.22. The van der Waals surface area contributed by atoms with E-state index in [1.165, 1.54) is 38.5 Å². The molecule has 0 radical (unpaired) electrons. The van der Waals surface area contributed by atoms with E-state index in [2.05, 4.69) is 53.7 Å². The van der Waals surface area contributed by atoms with Crippen LogP contribution in [0.1, 0.15) is 99.3 Å². The minimum Gasteiger partial charge on any atom is -0.393 e. The lowest BCUT2D eigenvalue weighted by Crippen LogP contribution is -2.73. The molecule has 2 bridgehead atoms. The van der Waals surface area contributed by atoms with Crippen molar-refractivity contribution < 1.29 is 14.9 Å². The summed E-state index contributed by atoms with van der Waals surface area (Å²) in [6.07, 6.45) is 15.0. The molecule has 10 atom stereocenters. The summed E-state index contributed by atoms with van der Waals surface area (Å²) in [5, 5.41) is 10.4. The van der Waals surface area contributed by atoms with Gasteiger partial charge in [0.1, 0.15) is 11.2 Å². The van der Waals surface area contributed by atoms with Gasteiger partial charge in [0, 0.05) is 23.7 Å². The smallest absolute Gasteiger partial charge is 0.130 e. The van der Waals surface area contributed by atoms with Crippen molar-refractivity contribution in [3.05, 3.63) is 12.2 Å². The van der Waals surface area contributed by atoms with E-state index in [9.17, 15) is 5.11 Å². The Kier molecular flexibility index (Phi) is 5.28. The van der Waals surface area contributed by atoms with Crippen LogP contribution >= 0.6 is 0 Å². The second kappa shape index (κ2) is 7.31. The highest BCUT2D eigenvalue weighted by Crippen LogP contribution is 2.72. The van der Waals surface area contributed by atoms with Crippen LogP contribution in [0.3, 0.4) is 0 Å². The quantitative estimate of drug-likeness (QED) is 0.390. The second-order valence-electron chi connectivity index (χ2n) is 13.2. The second-order valence-corrected chi connectivity index (χ2v) is 13.2. The molecule has 2 spiro atoms. The van der Waals surface area contributed by atoms with Crippen molar-refractivity contribution in [1.29, 1.82) is 0 Å². The normalized spacial score (nSPS) is 52.5. The fourth-order valence-electron chi connectivity index (χ4n) is 9.14. The molecule has 3 saturated carbocycles. The van der Waals surface area contributed by atoms with Gasteiger partial charge in [0.25, 0.3) is 0 Å². The summed E-state index contributed by atoms with van der Waals surface area (Å²) in [7, 11) is 0. The fourth-order valence-corrected chi connectivity index (χ4v) is 9.14. The zero-order chi connectivity index (χ0) is 22.2. The summed E-state index contributed by atoms with van der Waals surface area (Å²) in [6.45, 7) is 14.7. The van der Waals surface area contributed by atoms with Gasteiger partial charge in [-0.3, -0.25) is 0 Å². The molecule has 6 aliphatic rings. The van der Waals surface area contributed by atoms with Crippen LogP contribution < -0.4 is 0 Å². The van der Waals surface area contributed by atoms with Crippen LogP contribution in [-0.2, 0) is 9.78 Å². The molecule has 31 heavy (non-hydrogen) atoms. The SMILES string of the molecule is CC(C)C(C)CCC(C)C1CCC2C1(C)CCC1C23C=CC2(CC(O)CCC12C)OO3. The van der Waals surface area contributed by atoms with Crippen molar-refractivity contribution in [3.8, 4) is 0 Å². The minimum atomic E-state index is -0.427. The third kappa shape index (κ3) is 2.94. The number of hydrogen-bond acceptors (Lipinski definition) is 3. The molecule has 4 fully saturated rings. The van der Waals surface area contributed by atoms with Crippen molar-refractivity contribution in [2.24, 2.45) is 46.3 Å². The van der Waals surface area contributed by atoms with Crippen LogP contribution in [-0.4, -0.2) is 22.4 Å². The largest absolute Gasteiger partial charge is 0.393 e. The molecule has 10 unspecified atom stereocenters. The van der Waals surface area contributed by atoms with Crippen LogP contribution in [0.2, 0.25) is 0 Å². The molecule has 0 aromatic heterocycles. The average molecular weight is 431 g/mol. The lowest BCUT2D eigenvalue weighted by molar-refractivity contribution is -0.497. The van der Waals surface area contributed by atoms with E-state index in [4.69, 9.17) is 9.78 Å². The number of hydrogen-bond donors (Lipinski definition) is 1. The first-order valence-corrected chi connectivity index (χ1v) is 13.3. The maximum atomic E-state index is 10.4. The highest BCUT2D eigenvalue weighted by Gasteiger charge is 2.74. The van der Waals surface area contributed by atoms with Gasteiger partial charge in [-0.2, -0.15) is 0 Å². The average Bonchev–Trinajstić information content (AvgIpc) is 3.09. The summed E-state index contributed by atoms with van der Waals surface area (Å²) >= 11 is 0. The van der Waals surface area contributed by atoms with E-state index in [0.29, 0.717) is 23.7 Å². The van der Waals surface area contributed by atoms with E-state index >= 15 is 0 Å². The summed E-state index contributed by atoms with van der Waals surface area (Å²) in [4.78, 5) is 12.8. The van der Waals surface area contributed by atoms with Gasteiger partial charge in [0.15, 0.2) is 0 Å². The summed E-state index contributed by atoms with van der Waals surface area (Å²) in [5.41, 5.74) is -0.266. The lowest BCUT2D eigenvalue weighted by Gasteiger charge is -2.69. The molecular weight excluding hydrogens is 384 g/mol. The number of rotatable bonds is 5. The zero-order valence-electron chi connectivity index (χ0n) is 20.8. The molecule has 4 aliphatic carbocycles. The van der Waals surface area contributed by atoms with Gasteiger partial charge in [-0.25, -0.2) is 9.78 Å². The molecule has 0 aromatic carbocycles. The van der Waals surface area contributed by atoms with Gasteiger partial charge in [-0.15, -0.1) is 0 Å². The Hall–Kier alpha value is -0.380. The molecule has 0 aromatic rings. The van der Waals surface area contributed by atoms with Gasteiger partial charge in [-0.1, -0.05) is 60.5 Å². The summed E-state index contributed by atoms with van der Waals surface area (Å²) < 4.78 is 0. The van der Waals surface area contributed by atoms with Crippen molar-refractivity contribution >= 4 is 0 Å². The molecule has 2 heterocycles. The van der Waals surface area contributed by atoms with Crippen LogP contribution in [0.5, 0.6) is 0 Å². The Labute approximate surface area is 190 Å². The van der Waals surface area contributed by atoms with Crippen LogP contribution in [0.15, 0.2) is 12.2 Å². The van der Waals surface area contributed by atoms with Gasteiger partial charge in [0.05, 0.1) is 6.10 Å². The standard InChI is InChI=1S/C28H46O3/c1-18(2)19(3)7-8-20(4)22-9-10-23-25(22,5)13-12-24-26(6)14-11-21(29)17-27(26)15-16-28(23,24)31-30-27/h15-16,18-24,29H,7-14,17H2,1-6H3. The highest BCUT2D eigenvalue weighted by molar-refractivity contribution is 5.33. The van der Waals surface area contributed by atoms with E-state index < -0.39 is 5.60 Å². The van der Waals surface area contributed by atoms with E-state index in [0.717, 1.165) is 36.5 Å². The van der Waals surface area contributed by atoms with Crippen LogP contribution in [0, 0.1) is 46.3 Å². The molecule has 3 nitrogen and oxygen atoms in total. The molecule has 6 rings (SSSR count). The van der Waals surface area contributed by atoms with Crippen LogP contribution in [0.25, 0.3) is 0 Å². The lowest BCUT2D eigenvalue weighted by atomic mass is 9.42. The Balaban J connectivity index is 1.41. The minimum absolute atomic E-state index is 0.0803. The molecule has 1 N–H and O–H groups in total. The number of aliphatic hydroxyl groups excluding tert-OH is 1. The topological polar surface area (TPSA) is 38.7 Å². The zero-order valence-corrected chi connectivity index (χ0v) is 20.8. The third-order valence-electron chi connectivity index (χ3n) is 11.6.